The van der Waals surface area contributed by atoms with E-state index in [1.165, 1.54) is 17.4 Å². The number of carbonyl (C=O) groups is 1. The molecule has 2 aromatic carbocycles. The largest absolute Gasteiger partial charge is 0.334 e. The molecule has 33 heavy (non-hydrogen) atoms. The molecule has 8 nitrogen and oxygen atoms in total. The van der Waals surface area contributed by atoms with Crippen LogP contribution < -0.4 is 16.5 Å². The van der Waals surface area contributed by atoms with Gasteiger partial charge in [-0.3, -0.25) is 24.8 Å². The van der Waals surface area contributed by atoms with Gasteiger partial charge in [-0.15, -0.1) is 0 Å². The second-order valence-corrected chi connectivity index (χ2v) is 8.62. The molecule has 0 amide bonds. The molecule has 0 radical (unpaired) electrons. The first-order chi connectivity index (χ1) is 15.9. The first-order valence-corrected chi connectivity index (χ1v) is 11.1. The number of hydrogen-bond acceptors (Lipinski definition) is 6. The molecule has 0 saturated heterocycles. The summed E-state index contributed by atoms with van der Waals surface area (Å²) in [5.41, 5.74) is 11.4. The Bertz CT molecular complexity index is 1430. The fourth-order valence-electron chi connectivity index (χ4n) is 3.94. The summed E-state index contributed by atoms with van der Waals surface area (Å²) < 4.78 is 3.04. The molecule has 5 rings (SSSR count). The minimum absolute atomic E-state index is 0.0735. The molecular formula is C25H26N6O2. The Labute approximate surface area is 191 Å². The molecule has 0 unspecified atom stereocenters. The van der Waals surface area contributed by atoms with Gasteiger partial charge in [0.05, 0.1) is 11.9 Å². The molecule has 0 atom stereocenters. The fraction of sp³-hybridized carbons (Fsp3) is 0.280. The van der Waals surface area contributed by atoms with Gasteiger partial charge in [0.1, 0.15) is 5.52 Å². The van der Waals surface area contributed by atoms with Gasteiger partial charge in [-0.1, -0.05) is 30.3 Å². The monoisotopic (exact) mass is 442 g/mol. The second-order valence-electron chi connectivity index (χ2n) is 8.62. The molecule has 1 aliphatic rings. The van der Waals surface area contributed by atoms with Crippen LogP contribution in [0.15, 0.2) is 53.5 Å². The number of para-hydroxylation sites is 1. The van der Waals surface area contributed by atoms with Crippen LogP contribution >= 0.6 is 0 Å². The lowest BCUT2D eigenvalue weighted by atomic mass is 10.0. The molecule has 2 heterocycles. The molecule has 2 N–H and O–H groups in total. The van der Waals surface area contributed by atoms with Crippen molar-refractivity contribution >= 4 is 16.9 Å². The maximum atomic E-state index is 13.3. The molecule has 1 saturated carbocycles. The summed E-state index contributed by atoms with van der Waals surface area (Å²) in [6, 6.07) is 14.0. The zero-order valence-corrected chi connectivity index (χ0v) is 18.9. The summed E-state index contributed by atoms with van der Waals surface area (Å²) in [6.45, 7) is 4.46. The van der Waals surface area contributed by atoms with E-state index in [1.54, 1.807) is 17.8 Å². The number of benzene rings is 2. The van der Waals surface area contributed by atoms with Crippen LogP contribution in [-0.4, -0.2) is 30.9 Å². The predicted octanol–water partition coefficient (Wildman–Crippen LogP) is 2.72. The molecule has 0 bridgehead atoms. The molecule has 1 aliphatic carbocycles. The first-order valence-electron chi connectivity index (χ1n) is 11.1. The van der Waals surface area contributed by atoms with E-state index in [1.807, 2.05) is 56.3 Å². The van der Waals surface area contributed by atoms with E-state index in [-0.39, 0.29) is 17.3 Å². The zero-order valence-electron chi connectivity index (χ0n) is 18.9. The lowest BCUT2D eigenvalue weighted by Gasteiger charge is -2.10. The molecular weight excluding hydrogens is 416 g/mol. The van der Waals surface area contributed by atoms with Gasteiger partial charge >= 0.3 is 5.69 Å². The van der Waals surface area contributed by atoms with E-state index in [2.05, 4.69) is 20.8 Å². The SMILES string of the molecule is Cc1ccc(CNNC2CC2)cc1C(=O)c1ncc2c(n1)n(C)c(=O)n2-c1ccccc1C. The summed E-state index contributed by atoms with van der Waals surface area (Å²) in [4.78, 5) is 35.2. The minimum atomic E-state index is -0.262. The normalized spacial score (nSPS) is 13.5. The third-order valence-electron chi connectivity index (χ3n) is 6.07. The van der Waals surface area contributed by atoms with Gasteiger partial charge in [-0.2, -0.15) is 0 Å². The first kappa shape index (κ1) is 21.2. The Hall–Kier alpha value is -3.62. The number of nitrogens with zero attached hydrogens (tertiary/aromatic N) is 4. The minimum Gasteiger partial charge on any atom is -0.285 e. The number of fused-ring (bicyclic) bond motifs is 1. The molecule has 168 valence electrons. The molecule has 1 fully saturated rings. The predicted molar refractivity (Wildman–Crippen MR) is 126 cm³/mol. The highest BCUT2D eigenvalue weighted by molar-refractivity contribution is 6.08. The topological polar surface area (TPSA) is 93.8 Å². The molecule has 8 heteroatoms. The number of hydrogen-bond donors (Lipinski definition) is 2. The van der Waals surface area contributed by atoms with Gasteiger partial charge in [0.25, 0.3) is 0 Å². The standard InChI is InChI=1S/C25H26N6O2/c1-15-8-9-17(13-27-29-18-10-11-18)12-19(15)22(32)23-26-14-21-24(28-23)30(3)25(33)31(21)20-7-5-4-6-16(20)2/h4-9,12,14,18,27,29H,10-11,13H2,1-3H3. The van der Waals surface area contributed by atoms with Gasteiger partial charge in [0, 0.05) is 25.2 Å². The second kappa shape index (κ2) is 8.38. The van der Waals surface area contributed by atoms with Crippen molar-refractivity contribution in [3.63, 3.8) is 0 Å². The number of nitrogens with one attached hydrogen (secondary N) is 2. The highest BCUT2D eigenvalue weighted by Gasteiger charge is 2.22. The summed E-state index contributed by atoms with van der Waals surface area (Å²) in [6.07, 6.45) is 3.95. The summed E-state index contributed by atoms with van der Waals surface area (Å²) in [5.74, 6) is -0.188. The number of carbonyl (C=O) groups excluding carboxylic acids is 1. The van der Waals surface area contributed by atoms with Crippen molar-refractivity contribution in [3.8, 4) is 5.69 Å². The van der Waals surface area contributed by atoms with Gasteiger partial charge in [-0.05, 0) is 55.5 Å². The van der Waals surface area contributed by atoms with E-state index in [0.717, 1.165) is 22.4 Å². The molecule has 2 aromatic heterocycles. The average molecular weight is 443 g/mol. The number of aromatic nitrogens is 4. The molecule has 4 aromatic rings. The van der Waals surface area contributed by atoms with Crippen molar-refractivity contribution in [2.24, 2.45) is 7.05 Å². The summed E-state index contributed by atoms with van der Waals surface area (Å²) in [5, 5.41) is 0. The van der Waals surface area contributed by atoms with Crippen molar-refractivity contribution in [2.75, 3.05) is 0 Å². The highest BCUT2D eigenvalue weighted by atomic mass is 16.2. The zero-order chi connectivity index (χ0) is 23.1. The van der Waals surface area contributed by atoms with Crippen LogP contribution in [0.4, 0.5) is 0 Å². The third-order valence-corrected chi connectivity index (χ3v) is 6.07. The van der Waals surface area contributed by atoms with Crippen LogP contribution in [0.2, 0.25) is 0 Å². The van der Waals surface area contributed by atoms with E-state index >= 15 is 0 Å². The molecule has 0 aliphatic heterocycles. The van der Waals surface area contributed by atoms with Gasteiger partial charge < -0.3 is 0 Å². The Balaban J connectivity index is 1.50. The number of hydrazine groups is 1. The van der Waals surface area contributed by atoms with Crippen molar-refractivity contribution in [1.29, 1.82) is 0 Å². The van der Waals surface area contributed by atoms with Gasteiger partial charge in [0.15, 0.2) is 5.65 Å². The van der Waals surface area contributed by atoms with Crippen LogP contribution in [0.5, 0.6) is 0 Å². The van der Waals surface area contributed by atoms with Crippen LogP contribution in [0.25, 0.3) is 16.9 Å². The quantitative estimate of drug-likeness (QED) is 0.338. The van der Waals surface area contributed by atoms with E-state index in [9.17, 15) is 9.59 Å². The summed E-state index contributed by atoms with van der Waals surface area (Å²) in [7, 11) is 1.66. The van der Waals surface area contributed by atoms with Crippen molar-refractivity contribution in [1.82, 2.24) is 30.0 Å². The van der Waals surface area contributed by atoms with Crippen LogP contribution in [0.1, 0.15) is 45.7 Å². The van der Waals surface area contributed by atoms with Crippen molar-refractivity contribution < 1.29 is 4.79 Å². The van der Waals surface area contributed by atoms with Gasteiger partial charge in [-0.25, -0.2) is 14.8 Å². The Kier molecular flexibility index (Phi) is 5.39. The van der Waals surface area contributed by atoms with E-state index < -0.39 is 0 Å². The van der Waals surface area contributed by atoms with Crippen molar-refractivity contribution in [3.05, 3.63) is 87.2 Å². The van der Waals surface area contributed by atoms with Gasteiger partial charge in [0.2, 0.25) is 11.6 Å². The fourth-order valence-corrected chi connectivity index (χ4v) is 3.94. The lowest BCUT2D eigenvalue weighted by molar-refractivity contribution is 0.102. The average Bonchev–Trinajstić information content (AvgIpc) is 3.61. The Morgan fingerprint density at radius 3 is 2.67 bits per heavy atom. The number of rotatable bonds is 7. The lowest BCUT2D eigenvalue weighted by Crippen LogP contribution is -2.32. The Morgan fingerprint density at radius 2 is 1.91 bits per heavy atom. The van der Waals surface area contributed by atoms with Crippen LogP contribution in [-0.2, 0) is 13.6 Å². The van der Waals surface area contributed by atoms with Crippen LogP contribution in [0, 0.1) is 13.8 Å². The number of imidazole rings is 1. The van der Waals surface area contributed by atoms with E-state index in [4.69, 9.17) is 0 Å². The maximum Gasteiger partial charge on any atom is 0.334 e. The van der Waals surface area contributed by atoms with E-state index in [0.29, 0.717) is 29.3 Å². The van der Waals surface area contributed by atoms with Crippen molar-refractivity contribution in [2.45, 2.75) is 39.3 Å². The number of aryl methyl sites for hydroxylation is 3. The number of ketones is 1. The highest BCUT2D eigenvalue weighted by Crippen LogP contribution is 2.20. The maximum absolute atomic E-state index is 13.3. The smallest absolute Gasteiger partial charge is 0.285 e. The summed E-state index contributed by atoms with van der Waals surface area (Å²) >= 11 is 0. The van der Waals surface area contributed by atoms with Crippen LogP contribution in [0.3, 0.4) is 0 Å². The molecule has 0 spiro atoms. The Morgan fingerprint density at radius 1 is 1.12 bits per heavy atom. The third kappa shape index (κ3) is 3.99.